The molecule has 1 fully saturated rings. The standard InChI is InChI=1S/C14H20N4O3/c1-4-10-6-5-9(2)17(10)14(19)11-7-13(15-3)16-8-12(11)18(20)21/h7-10H,4-6H2,1-3H3,(H,15,16). The average molecular weight is 292 g/mol. The number of nitrogens with one attached hydrogen (secondary N) is 1. The molecule has 0 spiro atoms. The number of rotatable bonds is 4. The van der Waals surface area contributed by atoms with Crippen LogP contribution in [0.4, 0.5) is 11.5 Å². The van der Waals surface area contributed by atoms with Crippen molar-refractivity contribution in [3.63, 3.8) is 0 Å². The molecule has 7 nitrogen and oxygen atoms in total. The molecule has 1 N–H and O–H groups in total. The summed E-state index contributed by atoms with van der Waals surface area (Å²) in [6, 6.07) is 1.71. The maximum Gasteiger partial charge on any atom is 0.300 e. The lowest BCUT2D eigenvalue weighted by Crippen LogP contribution is -2.40. The highest BCUT2D eigenvalue weighted by molar-refractivity contribution is 5.99. The van der Waals surface area contributed by atoms with Crippen molar-refractivity contribution >= 4 is 17.4 Å². The number of hydrogen-bond donors (Lipinski definition) is 1. The van der Waals surface area contributed by atoms with Gasteiger partial charge in [-0.25, -0.2) is 4.98 Å². The second-order valence-electron chi connectivity index (χ2n) is 5.29. The van der Waals surface area contributed by atoms with E-state index in [1.165, 1.54) is 6.07 Å². The molecule has 2 rings (SSSR count). The van der Waals surface area contributed by atoms with Crippen LogP contribution in [0.1, 0.15) is 43.5 Å². The fourth-order valence-electron chi connectivity index (χ4n) is 2.88. The normalized spacial score (nSPS) is 21.4. The molecular formula is C14H20N4O3. The van der Waals surface area contributed by atoms with Gasteiger partial charge < -0.3 is 10.2 Å². The van der Waals surface area contributed by atoms with Gasteiger partial charge in [-0.2, -0.15) is 0 Å². The van der Waals surface area contributed by atoms with Crippen molar-refractivity contribution in [1.82, 2.24) is 9.88 Å². The van der Waals surface area contributed by atoms with Gasteiger partial charge in [-0.3, -0.25) is 14.9 Å². The van der Waals surface area contributed by atoms with Crippen molar-refractivity contribution in [1.29, 1.82) is 0 Å². The van der Waals surface area contributed by atoms with Crippen molar-refractivity contribution in [3.8, 4) is 0 Å². The molecule has 0 bridgehead atoms. The van der Waals surface area contributed by atoms with Crippen LogP contribution in [-0.2, 0) is 0 Å². The van der Waals surface area contributed by atoms with Crippen LogP contribution in [0.15, 0.2) is 12.3 Å². The molecule has 21 heavy (non-hydrogen) atoms. The zero-order chi connectivity index (χ0) is 15.6. The molecule has 2 heterocycles. The fraction of sp³-hybridized carbons (Fsp3) is 0.571. The minimum Gasteiger partial charge on any atom is -0.373 e. The summed E-state index contributed by atoms with van der Waals surface area (Å²) in [5.74, 6) is 0.168. The zero-order valence-corrected chi connectivity index (χ0v) is 12.5. The molecule has 114 valence electrons. The number of nitro groups is 1. The van der Waals surface area contributed by atoms with Crippen molar-refractivity contribution in [2.75, 3.05) is 12.4 Å². The zero-order valence-electron chi connectivity index (χ0n) is 12.5. The first kappa shape index (κ1) is 15.2. The van der Waals surface area contributed by atoms with Crippen molar-refractivity contribution < 1.29 is 9.72 Å². The number of nitrogens with zero attached hydrogens (tertiary/aromatic N) is 3. The molecule has 0 radical (unpaired) electrons. The second-order valence-corrected chi connectivity index (χ2v) is 5.29. The molecule has 1 aliphatic rings. The van der Waals surface area contributed by atoms with Crippen molar-refractivity contribution in [2.24, 2.45) is 0 Å². The molecule has 7 heteroatoms. The van der Waals surface area contributed by atoms with E-state index in [2.05, 4.69) is 10.3 Å². The molecule has 1 aromatic rings. The summed E-state index contributed by atoms with van der Waals surface area (Å²) in [5, 5.41) is 14.0. The van der Waals surface area contributed by atoms with E-state index in [4.69, 9.17) is 0 Å². The Bertz CT molecular complexity index is 561. The van der Waals surface area contributed by atoms with E-state index in [1.807, 2.05) is 13.8 Å². The van der Waals surface area contributed by atoms with Crippen LogP contribution in [0.5, 0.6) is 0 Å². The van der Waals surface area contributed by atoms with Gasteiger partial charge in [0.05, 0.1) is 4.92 Å². The van der Waals surface area contributed by atoms with E-state index in [1.54, 1.807) is 11.9 Å². The Morgan fingerprint density at radius 1 is 1.57 bits per heavy atom. The lowest BCUT2D eigenvalue weighted by molar-refractivity contribution is -0.385. The summed E-state index contributed by atoms with van der Waals surface area (Å²) in [7, 11) is 1.66. The lowest BCUT2D eigenvalue weighted by Gasteiger charge is -2.28. The minimum atomic E-state index is -0.554. The van der Waals surface area contributed by atoms with Gasteiger partial charge in [0.25, 0.3) is 11.6 Å². The molecule has 1 aromatic heterocycles. The highest BCUT2D eigenvalue weighted by Crippen LogP contribution is 2.30. The molecule has 1 saturated heterocycles. The van der Waals surface area contributed by atoms with Crippen LogP contribution in [0, 0.1) is 10.1 Å². The highest BCUT2D eigenvalue weighted by Gasteiger charge is 2.36. The lowest BCUT2D eigenvalue weighted by atomic mass is 10.1. The molecule has 1 amide bonds. The van der Waals surface area contributed by atoms with Gasteiger partial charge in [0.15, 0.2) is 0 Å². The minimum absolute atomic E-state index is 0.103. The maximum absolute atomic E-state index is 12.8. The van der Waals surface area contributed by atoms with Gasteiger partial charge in [-0.15, -0.1) is 0 Å². The predicted molar refractivity (Wildman–Crippen MR) is 79.4 cm³/mol. The van der Waals surface area contributed by atoms with Crippen LogP contribution in [0.2, 0.25) is 0 Å². The molecule has 0 saturated carbocycles. The van der Waals surface area contributed by atoms with Gasteiger partial charge in [0.2, 0.25) is 0 Å². The predicted octanol–water partition coefficient (Wildman–Crippen LogP) is 2.43. The van der Waals surface area contributed by atoms with Crippen LogP contribution >= 0.6 is 0 Å². The Labute approximate surface area is 123 Å². The Balaban J connectivity index is 2.44. The number of pyridine rings is 1. The Kier molecular flexibility index (Phi) is 4.40. The van der Waals surface area contributed by atoms with Gasteiger partial charge in [-0.1, -0.05) is 6.92 Å². The summed E-state index contributed by atoms with van der Waals surface area (Å²) < 4.78 is 0. The van der Waals surface area contributed by atoms with E-state index in [-0.39, 0.29) is 29.2 Å². The third-order valence-corrected chi connectivity index (χ3v) is 4.06. The quantitative estimate of drug-likeness (QED) is 0.680. The molecule has 0 aromatic carbocycles. The smallest absolute Gasteiger partial charge is 0.300 e. The first-order chi connectivity index (χ1) is 9.99. The van der Waals surface area contributed by atoms with Gasteiger partial charge in [-0.05, 0) is 26.2 Å². The van der Waals surface area contributed by atoms with Crippen molar-refractivity contribution in [3.05, 3.63) is 27.9 Å². The first-order valence-electron chi connectivity index (χ1n) is 7.14. The number of anilines is 1. The second kappa shape index (κ2) is 6.07. The summed E-state index contributed by atoms with van der Waals surface area (Å²) in [5.41, 5.74) is -0.139. The van der Waals surface area contributed by atoms with Crippen LogP contribution < -0.4 is 5.32 Å². The summed E-state index contributed by atoms with van der Waals surface area (Å²) in [6.45, 7) is 4.02. The van der Waals surface area contributed by atoms with E-state index in [0.29, 0.717) is 5.82 Å². The maximum atomic E-state index is 12.8. The summed E-state index contributed by atoms with van der Waals surface area (Å²) >= 11 is 0. The number of hydrogen-bond acceptors (Lipinski definition) is 5. The Hall–Kier alpha value is -2.18. The van der Waals surface area contributed by atoms with E-state index in [0.717, 1.165) is 25.5 Å². The van der Waals surface area contributed by atoms with Crippen LogP contribution in [0.3, 0.4) is 0 Å². The van der Waals surface area contributed by atoms with Crippen molar-refractivity contribution in [2.45, 2.75) is 45.2 Å². The summed E-state index contributed by atoms with van der Waals surface area (Å²) in [6.07, 6.45) is 3.87. The Morgan fingerprint density at radius 3 is 2.86 bits per heavy atom. The average Bonchev–Trinajstić information content (AvgIpc) is 2.86. The monoisotopic (exact) mass is 292 g/mol. The van der Waals surface area contributed by atoms with E-state index < -0.39 is 4.92 Å². The molecule has 2 unspecified atom stereocenters. The van der Waals surface area contributed by atoms with Gasteiger partial charge >= 0.3 is 0 Å². The molecule has 1 aliphatic heterocycles. The van der Waals surface area contributed by atoms with E-state index in [9.17, 15) is 14.9 Å². The number of aromatic nitrogens is 1. The first-order valence-corrected chi connectivity index (χ1v) is 7.14. The molecule has 2 atom stereocenters. The number of amides is 1. The Morgan fingerprint density at radius 2 is 2.29 bits per heavy atom. The van der Waals surface area contributed by atoms with Gasteiger partial charge in [0.1, 0.15) is 17.6 Å². The summed E-state index contributed by atoms with van der Waals surface area (Å²) in [4.78, 5) is 29.1. The number of carbonyl (C=O) groups excluding carboxylic acids is 1. The van der Waals surface area contributed by atoms with Crippen LogP contribution in [0.25, 0.3) is 0 Å². The molecule has 0 aliphatic carbocycles. The number of likely N-dealkylation sites (tertiary alicyclic amines) is 1. The van der Waals surface area contributed by atoms with Gasteiger partial charge in [0, 0.05) is 25.2 Å². The largest absolute Gasteiger partial charge is 0.373 e. The third kappa shape index (κ3) is 2.81. The SMILES string of the molecule is CCC1CCC(C)N1C(=O)c1cc(NC)ncc1[N+](=O)[O-]. The highest BCUT2D eigenvalue weighted by atomic mass is 16.6. The van der Waals surface area contributed by atoms with E-state index >= 15 is 0 Å². The topological polar surface area (TPSA) is 88.4 Å². The number of carbonyl (C=O) groups is 1. The molecular weight excluding hydrogens is 272 g/mol. The van der Waals surface area contributed by atoms with Crippen LogP contribution in [-0.4, -0.2) is 39.8 Å². The fourth-order valence-corrected chi connectivity index (χ4v) is 2.88. The third-order valence-electron chi connectivity index (χ3n) is 4.06.